The molecule has 0 unspecified atom stereocenters. The first-order valence-electron chi connectivity index (χ1n) is 7.43. The highest BCUT2D eigenvalue weighted by molar-refractivity contribution is 7.89. The van der Waals surface area contributed by atoms with E-state index < -0.39 is 10.0 Å². The Kier molecular flexibility index (Phi) is 4.38. The second-order valence-electron chi connectivity index (χ2n) is 5.94. The highest BCUT2D eigenvalue weighted by Crippen LogP contribution is 2.31. The van der Waals surface area contributed by atoms with Crippen LogP contribution in [0.1, 0.15) is 22.6 Å². The Morgan fingerprint density at radius 2 is 1.95 bits per heavy atom. The van der Waals surface area contributed by atoms with Gasteiger partial charge in [0, 0.05) is 42.5 Å². The van der Waals surface area contributed by atoms with Crippen molar-refractivity contribution in [1.29, 1.82) is 0 Å². The van der Waals surface area contributed by atoms with Gasteiger partial charge in [0.25, 0.3) is 0 Å². The first kappa shape index (κ1) is 15.4. The molecule has 2 heterocycles. The van der Waals surface area contributed by atoms with Gasteiger partial charge < -0.3 is 10.0 Å². The highest BCUT2D eigenvalue weighted by atomic mass is 32.2. The zero-order valence-electron chi connectivity index (χ0n) is 12.3. The number of hydrogen-bond donors (Lipinski definition) is 1. The number of piperazine rings is 1. The lowest BCUT2D eigenvalue weighted by Crippen LogP contribution is -2.49. The summed E-state index contributed by atoms with van der Waals surface area (Å²) in [7, 11) is -3.41. The molecule has 2 aliphatic rings. The SMILES string of the molecule is Cc1sc(CO)cc1S(=O)(=O)N1CCN(CC2CC2)CC1. The van der Waals surface area contributed by atoms with E-state index in [9.17, 15) is 13.5 Å². The van der Waals surface area contributed by atoms with Crippen molar-refractivity contribution >= 4 is 21.4 Å². The number of aliphatic hydroxyl groups excluding tert-OH is 1. The molecule has 118 valence electrons. The van der Waals surface area contributed by atoms with Crippen molar-refractivity contribution in [2.75, 3.05) is 32.7 Å². The van der Waals surface area contributed by atoms with E-state index in [1.54, 1.807) is 17.3 Å². The number of sulfonamides is 1. The largest absolute Gasteiger partial charge is 0.391 e. The maximum absolute atomic E-state index is 12.7. The Morgan fingerprint density at radius 1 is 1.29 bits per heavy atom. The third kappa shape index (κ3) is 3.32. The first-order chi connectivity index (χ1) is 10.0. The number of rotatable bonds is 5. The normalized spacial score (nSPS) is 21.8. The number of nitrogens with zero attached hydrogens (tertiary/aromatic N) is 2. The lowest BCUT2D eigenvalue weighted by molar-refractivity contribution is 0.182. The summed E-state index contributed by atoms with van der Waals surface area (Å²) in [4.78, 5) is 4.22. The van der Waals surface area contributed by atoms with Crippen LogP contribution in [0.5, 0.6) is 0 Å². The summed E-state index contributed by atoms with van der Waals surface area (Å²) < 4.78 is 27.0. The average molecular weight is 330 g/mol. The number of aliphatic hydroxyl groups is 1. The molecule has 0 amide bonds. The molecule has 1 aliphatic heterocycles. The van der Waals surface area contributed by atoms with Crippen molar-refractivity contribution in [3.05, 3.63) is 15.8 Å². The van der Waals surface area contributed by atoms with Gasteiger partial charge in [-0.1, -0.05) is 0 Å². The first-order valence-corrected chi connectivity index (χ1v) is 9.69. The summed E-state index contributed by atoms with van der Waals surface area (Å²) >= 11 is 1.36. The number of hydrogen-bond acceptors (Lipinski definition) is 5. The van der Waals surface area contributed by atoms with E-state index in [4.69, 9.17) is 0 Å². The van der Waals surface area contributed by atoms with Gasteiger partial charge in [-0.3, -0.25) is 0 Å². The summed E-state index contributed by atoms with van der Waals surface area (Å²) in [5.74, 6) is 0.847. The summed E-state index contributed by atoms with van der Waals surface area (Å²) in [5, 5.41) is 9.17. The maximum Gasteiger partial charge on any atom is 0.244 e. The predicted molar refractivity (Wildman–Crippen MR) is 82.9 cm³/mol. The number of aryl methyl sites for hydroxylation is 1. The predicted octanol–water partition coefficient (Wildman–Crippen LogP) is 1.27. The Morgan fingerprint density at radius 3 is 2.48 bits per heavy atom. The van der Waals surface area contributed by atoms with Gasteiger partial charge in [-0.25, -0.2) is 8.42 Å². The van der Waals surface area contributed by atoms with Crippen molar-refractivity contribution in [3.8, 4) is 0 Å². The number of thiophene rings is 1. The van der Waals surface area contributed by atoms with Gasteiger partial charge in [-0.05, 0) is 31.7 Å². The standard InChI is InChI=1S/C14H22N2O3S2/c1-11-14(8-13(10-17)20-11)21(18,19)16-6-4-15(5-7-16)9-12-2-3-12/h8,12,17H,2-7,9-10H2,1H3. The minimum absolute atomic E-state index is 0.101. The van der Waals surface area contributed by atoms with Gasteiger partial charge in [-0.15, -0.1) is 11.3 Å². The van der Waals surface area contributed by atoms with Crippen LogP contribution in [0.2, 0.25) is 0 Å². The minimum atomic E-state index is -3.41. The molecule has 3 rings (SSSR count). The Bertz CT molecular complexity index is 600. The van der Waals surface area contributed by atoms with Gasteiger partial charge in [0.2, 0.25) is 10.0 Å². The van der Waals surface area contributed by atoms with Crippen LogP contribution >= 0.6 is 11.3 Å². The zero-order chi connectivity index (χ0) is 15.0. The van der Waals surface area contributed by atoms with Crippen LogP contribution in [0, 0.1) is 12.8 Å². The molecular formula is C14H22N2O3S2. The molecule has 7 heteroatoms. The third-order valence-electron chi connectivity index (χ3n) is 4.24. The van der Waals surface area contributed by atoms with Crippen molar-refractivity contribution in [3.63, 3.8) is 0 Å². The Balaban J connectivity index is 1.68. The molecular weight excluding hydrogens is 308 g/mol. The molecule has 0 aromatic carbocycles. The molecule has 0 bridgehead atoms. The van der Waals surface area contributed by atoms with E-state index in [1.165, 1.54) is 24.2 Å². The van der Waals surface area contributed by atoms with Crippen molar-refractivity contribution in [2.24, 2.45) is 5.92 Å². The fraction of sp³-hybridized carbons (Fsp3) is 0.714. The second kappa shape index (κ2) is 5.96. The maximum atomic E-state index is 12.7. The molecule has 0 radical (unpaired) electrons. The van der Waals surface area contributed by atoms with Gasteiger partial charge in [0.05, 0.1) is 11.5 Å². The summed E-state index contributed by atoms with van der Waals surface area (Å²) in [6.45, 7) is 5.62. The van der Waals surface area contributed by atoms with Crippen LogP contribution in [0.25, 0.3) is 0 Å². The van der Waals surface area contributed by atoms with Crippen molar-refractivity contribution < 1.29 is 13.5 Å². The molecule has 1 aromatic rings. The summed E-state index contributed by atoms with van der Waals surface area (Å²) in [5.41, 5.74) is 0. The summed E-state index contributed by atoms with van der Waals surface area (Å²) in [6.07, 6.45) is 2.66. The van der Waals surface area contributed by atoms with E-state index in [0.717, 1.165) is 30.4 Å². The molecule has 1 aromatic heterocycles. The van der Waals surface area contributed by atoms with E-state index in [-0.39, 0.29) is 6.61 Å². The molecule has 1 aliphatic carbocycles. The van der Waals surface area contributed by atoms with Crippen molar-refractivity contribution in [1.82, 2.24) is 9.21 Å². The highest BCUT2D eigenvalue weighted by Gasteiger charge is 2.32. The molecule has 1 saturated heterocycles. The van der Waals surface area contributed by atoms with Gasteiger partial charge in [-0.2, -0.15) is 4.31 Å². The van der Waals surface area contributed by atoms with E-state index in [1.807, 2.05) is 0 Å². The average Bonchev–Trinajstić information content (AvgIpc) is 3.19. The summed E-state index contributed by atoms with van der Waals surface area (Å²) in [6, 6.07) is 1.62. The quantitative estimate of drug-likeness (QED) is 0.883. The van der Waals surface area contributed by atoms with Crippen LogP contribution in [0.4, 0.5) is 0 Å². The van der Waals surface area contributed by atoms with Crippen LogP contribution in [-0.2, 0) is 16.6 Å². The molecule has 21 heavy (non-hydrogen) atoms. The van der Waals surface area contributed by atoms with Crippen LogP contribution in [0.3, 0.4) is 0 Å². The lowest BCUT2D eigenvalue weighted by atomic mass is 10.3. The molecule has 0 atom stereocenters. The van der Waals surface area contributed by atoms with Gasteiger partial charge in [0.15, 0.2) is 0 Å². The fourth-order valence-electron chi connectivity index (χ4n) is 2.82. The second-order valence-corrected chi connectivity index (χ2v) is 9.19. The lowest BCUT2D eigenvalue weighted by Gasteiger charge is -2.34. The molecule has 0 spiro atoms. The van der Waals surface area contributed by atoms with E-state index in [0.29, 0.717) is 22.9 Å². The Labute approximate surface area is 130 Å². The fourth-order valence-corrected chi connectivity index (χ4v) is 5.70. The topological polar surface area (TPSA) is 60.9 Å². The van der Waals surface area contributed by atoms with Gasteiger partial charge >= 0.3 is 0 Å². The van der Waals surface area contributed by atoms with Crippen LogP contribution in [-0.4, -0.2) is 55.5 Å². The molecule has 2 fully saturated rings. The minimum Gasteiger partial charge on any atom is -0.391 e. The Hall–Kier alpha value is -0.470. The molecule has 1 N–H and O–H groups in total. The monoisotopic (exact) mass is 330 g/mol. The van der Waals surface area contributed by atoms with E-state index >= 15 is 0 Å². The van der Waals surface area contributed by atoms with Crippen LogP contribution < -0.4 is 0 Å². The van der Waals surface area contributed by atoms with Crippen molar-refractivity contribution in [2.45, 2.75) is 31.3 Å². The molecule has 1 saturated carbocycles. The zero-order valence-corrected chi connectivity index (χ0v) is 13.9. The van der Waals surface area contributed by atoms with E-state index in [2.05, 4.69) is 4.90 Å². The third-order valence-corrected chi connectivity index (χ3v) is 7.43. The smallest absolute Gasteiger partial charge is 0.244 e. The van der Waals surface area contributed by atoms with Gasteiger partial charge in [0.1, 0.15) is 0 Å². The van der Waals surface area contributed by atoms with Crippen LogP contribution in [0.15, 0.2) is 11.0 Å². The molecule has 5 nitrogen and oxygen atoms in total.